The average Bonchev–Trinajstić information content (AvgIpc) is 2.41. The van der Waals surface area contributed by atoms with Crippen molar-refractivity contribution in [2.45, 2.75) is 20.1 Å². The lowest BCUT2D eigenvalue weighted by molar-refractivity contribution is -0.193. The van der Waals surface area contributed by atoms with Crippen molar-refractivity contribution < 1.29 is 38.5 Å². The van der Waals surface area contributed by atoms with Crippen LogP contribution in [0.25, 0.3) is 0 Å². The smallest absolute Gasteiger partial charge is 0.336 e. The van der Waals surface area contributed by atoms with Gasteiger partial charge in [0, 0.05) is 23.3 Å². The number of ether oxygens (including phenoxy) is 3. The topological polar surface area (TPSA) is 116 Å². The fourth-order valence-electron chi connectivity index (χ4n) is 0.870. The van der Waals surface area contributed by atoms with Gasteiger partial charge in [-0.1, -0.05) is 13.2 Å². The van der Waals surface area contributed by atoms with Crippen molar-refractivity contribution >= 4 is 23.9 Å². The lowest BCUT2D eigenvalue weighted by atomic mass is 10.3. The molecule has 0 bridgehead atoms. The summed E-state index contributed by atoms with van der Waals surface area (Å²) in [7, 11) is 0. The van der Waals surface area contributed by atoms with Crippen LogP contribution in [-0.2, 0) is 33.4 Å². The zero-order valence-corrected chi connectivity index (χ0v) is 12.2. The van der Waals surface area contributed by atoms with E-state index in [-0.39, 0.29) is 11.1 Å². The van der Waals surface area contributed by atoms with Gasteiger partial charge in [-0.3, -0.25) is 0 Å². The molecule has 0 fully saturated rings. The lowest BCUT2D eigenvalue weighted by Crippen LogP contribution is -2.30. The van der Waals surface area contributed by atoms with E-state index in [1.54, 1.807) is 0 Å². The fraction of sp³-hybridized carbons (Fsp3) is 0.286. The summed E-state index contributed by atoms with van der Waals surface area (Å²) >= 11 is 0. The summed E-state index contributed by atoms with van der Waals surface area (Å²) in [6, 6.07) is 0. The minimum absolute atomic E-state index is 0.0495. The Kier molecular flexibility index (Phi) is 7.91. The van der Waals surface area contributed by atoms with E-state index in [2.05, 4.69) is 17.9 Å². The number of carboxylic acid groups (broad SMARTS) is 1. The van der Waals surface area contributed by atoms with Crippen molar-refractivity contribution in [2.75, 3.05) is 6.61 Å². The fourth-order valence-corrected chi connectivity index (χ4v) is 0.870. The van der Waals surface area contributed by atoms with Gasteiger partial charge >= 0.3 is 23.9 Å². The molecule has 0 spiro atoms. The van der Waals surface area contributed by atoms with E-state index in [1.165, 1.54) is 13.8 Å². The third kappa shape index (κ3) is 8.31. The van der Waals surface area contributed by atoms with Crippen LogP contribution in [0.15, 0.2) is 36.5 Å². The molecule has 0 atom stereocenters. The maximum atomic E-state index is 11.4. The second-order valence-corrected chi connectivity index (χ2v) is 4.10. The highest BCUT2D eigenvalue weighted by Gasteiger charge is 2.21. The van der Waals surface area contributed by atoms with Crippen molar-refractivity contribution in [1.29, 1.82) is 0 Å². The van der Waals surface area contributed by atoms with Gasteiger partial charge in [0.2, 0.25) is 0 Å². The highest BCUT2D eigenvalue weighted by atomic mass is 16.7. The van der Waals surface area contributed by atoms with Gasteiger partial charge in [0.25, 0.3) is 6.29 Å². The highest BCUT2D eigenvalue weighted by Crippen LogP contribution is 2.05. The van der Waals surface area contributed by atoms with E-state index in [0.29, 0.717) is 12.2 Å². The number of esters is 3. The molecule has 0 saturated carbocycles. The number of aliphatic carboxylic acids is 1. The predicted molar refractivity (Wildman–Crippen MR) is 73.3 cm³/mol. The van der Waals surface area contributed by atoms with Crippen molar-refractivity contribution in [3.63, 3.8) is 0 Å². The summed E-state index contributed by atoms with van der Waals surface area (Å²) in [6.07, 6.45) is -0.284. The van der Waals surface area contributed by atoms with Crippen LogP contribution in [0.5, 0.6) is 0 Å². The molecular formula is C14H16O8. The molecule has 0 heterocycles. The molecule has 0 rings (SSSR count). The Labute approximate surface area is 126 Å². The van der Waals surface area contributed by atoms with Crippen LogP contribution in [0.3, 0.4) is 0 Å². The first-order valence-corrected chi connectivity index (χ1v) is 5.94. The van der Waals surface area contributed by atoms with Gasteiger partial charge in [0.15, 0.2) is 6.61 Å². The van der Waals surface area contributed by atoms with Crippen LogP contribution in [-0.4, -0.2) is 41.9 Å². The summed E-state index contributed by atoms with van der Waals surface area (Å²) in [5.41, 5.74) is 0.0990. The van der Waals surface area contributed by atoms with Crippen molar-refractivity contribution in [1.82, 2.24) is 0 Å². The Morgan fingerprint density at radius 1 is 1.00 bits per heavy atom. The molecule has 1 N–H and O–H groups in total. The molecule has 0 aliphatic carbocycles. The second-order valence-electron chi connectivity index (χ2n) is 4.10. The molecule has 0 aromatic heterocycles. The number of carbonyl (C=O) groups is 4. The molecule has 0 unspecified atom stereocenters. The van der Waals surface area contributed by atoms with Crippen LogP contribution >= 0.6 is 0 Å². The van der Waals surface area contributed by atoms with E-state index in [1.807, 2.05) is 0 Å². The molecule has 0 radical (unpaired) electrons. The molecule has 8 heteroatoms. The van der Waals surface area contributed by atoms with Gasteiger partial charge in [-0.2, -0.15) is 0 Å². The second kappa shape index (κ2) is 9.11. The molecule has 22 heavy (non-hydrogen) atoms. The Bertz CT molecular complexity index is 501. The molecule has 0 aromatic rings. The van der Waals surface area contributed by atoms with Gasteiger partial charge < -0.3 is 19.3 Å². The van der Waals surface area contributed by atoms with Crippen molar-refractivity contribution in [2.24, 2.45) is 0 Å². The maximum Gasteiger partial charge on any atom is 0.336 e. The number of hydrogen-bond donors (Lipinski definition) is 1. The molecule has 0 saturated heterocycles. The lowest BCUT2D eigenvalue weighted by Gasteiger charge is -2.17. The van der Waals surface area contributed by atoms with Crippen LogP contribution in [0.2, 0.25) is 0 Å². The summed E-state index contributed by atoms with van der Waals surface area (Å²) in [5.74, 6) is -4.05. The quantitative estimate of drug-likeness (QED) is 0.396. The highest BCUT2D eigenvalue weighted by molar-refractivity contribution is 5.91. The van der Waals surface area contributed by atoms with E-state index in [4.69, 9.17) is 14.6 Å². The summed E-state index contributed by atoms with van der Waals surface area (Å²) in [6.45, 7) is 8.84. The van der Waals surface area contributed by atoms with Crippen LogP contribution in [0, 0.1) is 0 Å². The SMILES string of the molecule is C=C(C)C(=O)OC(COC(=O)C=CC(=O)O)OC(=O)C(=C)C. The molecule has 0 aromatic carbocycles. The maximum absolute atomic E-state index is 11.4. The third-order valence-electron chi connectivity index (χ3n) is 1.90. The van der Waals surface area contributed by atoms with Gasteiger partial charge in [0.1, 0.15) is 0 Å². The van der Waals surface area contributed by atoms with Crippen molar-refractivity contribution in [3.8, 4) is 0 Å². The van der Waals surface area contributed by atoms with Crippen molar-refractivity contribution in [3.05, 3.63) is 36.5 Å². The third-order valence-corrected chi connectivity index (χ3v) is 1.90. The Morgan fingerprint density at radius 3 is 1.82 bits per heavy atom. The minimum Gasteiger partial charge on any atom is -0.478 e. The van der Waals surface area contributed by atoms with Gasteiger partial charge in [-0.05, 0) is 13.8 Å². The number of carboxylic acids is 1. The monoisotopic (exact) mass is 312 g/mol. The first-order chi connectivity index (χ1) is 10.1. The van der Waals surface area contributed by atoms with Crippen LogP contribution in [0.1, 0.15) is 13.8 Å². The summed E-state index contributed by atoms with van der Waals surface area (Å²) in [4.78, 5) is 44.2. The molecule has 8 nitrogen and oxygen atoms in total. The molecule has 0 aliphatic heterocycles. The molecule has 120 valence electrons. The Morgan fingerprint density at radius 2 is 1.45 bits per heavy atom. The number of rotatable bonds is 8. The van der Waals surface area contributed by atoms with Crippen LogP contribution < -0.4 is 0 Å². The van der Waals surface area contributed by atoms with Gasteiger partial charge in [-0.25, -0.2) is 19.2 Å². The van der Waals surface area contributed by atoms with Crippen LogP contribution in [0.4, 0.5) is 0 Å². The van der Waals surface area contributed by atoms with E-state index in [0.717, 1.165) is 0 Å². The van der Waals surface area contributed by atoms with E-state index < -0.39 is 36.8 Å². The van der Waals surface area contributed by atoms with E-state index >= 15 is 0 Å². The normalized spacial score (nSPS) is 10.1. The van der Waals surface area contributed by atoms with Gasteiger partial charge in [0.05, 0.1) is 0 Å². The Balaban J connectivity index is 4.71. The zero-order chi connectivity index (χ0) is 17.3. The predicted octanol–water partition coefficient (Wildman–Crippen LogP) is 0.735. The molecule has 0 aliphatic rings. The largest absolute Gasteiger partial charge is 0.478 e. The first-order valence-electron chi connectivity index (χ1n) is 5.94. The Hall–Kier alpha value is -2.90. The number of hydrogen-bond acceptors (Lipinski definition) is 7. The summed E-state index contributed by atoms with van der Waals surface area (Å²) in [5, 5.41) is 8.35. The van der Waals surface area contributed by atoms with E-state index in [9.17, 15) is 19.2 Å². The standard InChI is InChI=1S/C14H16O8/c1-8(2)13(18)21-12(22-14(19)9(3)4)7-20-11(17)6-5-10(15)16/h5-6,12H,1,3,7H2,2,4H3,(H,15,16). The average molecular weight is 312 g/mol. The minimum atomic E-state index is -1.50. The molecular weight excluding hydrogens is 296 g/mol. The molecule has 0 amide bonds. The first kappa shape index (κ1) is 19.1. The van der Waals surface area contributed by atoms with Gasteiger partial charge in [-0.15, -0.1) is 0 Å². The number of carbonyl (C=O) groups excluding carboxylic acids is 3. The zero-order valence-electron chi connectivity index (χ0n) is 12.2. The summed E-state index contributed by atoms with van der Waals surface area (Å²) < 4.78 is 14.1.